The van der Waals surface area contributed by atoms with Gasteiger partial charge < -0.3 is 14.8 Å². The molecule has 1 spiro atoms. The molecule has 0 radical (unpaired) electrons. The van der Waals surface area contributed by atoms with Crippen LogP contribution in [0, 0.1) is 11.3 Å². The molecule has 0 aliphatic heterocycles. The molecule has 0 heterocycles. The molecular weight excluding hydrogens is 242 g/mol. The van der Waals surface area contributed by atoms with Gasteiger partial charge in [0.2, 0.25) is 0 Å². The van der Waals surface area contributed by atoms with Crippen LogP contribution in [0.4, 0.5) is 0 Å². The Bertz CT molecular complexity index is 325. The van der Waals surface area contributed by atoms with Gasteiger partial charge in [-0.05, 0) is 32.1 Å². The van der Waals surface area contributed by atoms with Crippen LogP contribution >= 0.6 is 0 Å². The van der Waals surface area contributed by atoms with E-state index in [4.69, 9.17) is 9.47 Å². The lowest BCUT2D eigenvalue weighted by molar-refractivity contribution is -0.178. The Labute approximate surface area is 116 Å². The van der Waals surface area contributed by atoms with E-state index < -0.39 is 0 Å². The lowest BCUT2D eigenvalue weighted by Crippen LogP contribution is -2.69. The zero-order valence-electron chi connectivity index (χ0n) is 12.6. The first-order valence-corrected chi connectivity index (χ1v) is 7.50. The summed E-state index contributed by atoms with van der Waals surface area (Å²) in [5.41, 5.74) is 0.289. The molecule has 0 amide bonds. The van der Waals surface area contributed by atoms with Crippen molar-refractivity contribution in [1.82, 2.24) is 5.32 Å². The van der Waals surface area contributed by atoms with Crippen molar-refractivity contribution >= 4 is 5.97 Å². The van der Waals surface area contributed by atoms with Crippen LogP contribution in [0.3, 0.4) is 0 Å². The van der Waals surface area contributed by atoms with E-state index in [0.29, 0.717) is 12.1 Å². The van der Waals surface area contributed by atoms with Gasteiger partial charge in [0.15, 0.2) is 0 Å². The van der Waals surface area contributed by atoms with Gasteiger partial charge >= 0.3 is 5.97 Å². The van der Waals surface area contributed by atoms with Crippen molar-refractivity contribution in [3.05, 3.63) is 0 Å². The minimum atomic E-state index is -0.199. The van der Waals surface area contributed by atoms with Crippen molar-refractivity contribution in [2.75, 3.05) is 13.7 Å². The van der Waals surface area contributed by atoms with Crippen LogP contribution in [0.15, 0.2) is 0 Å². The van der Waals surface area contributed by atoms with Gasteiger partial charge in [0, 0.05) is 18.1 Å². The van der Waals surface area contributed by atoms with Gasteiger partial charge in [-0.1, -0.05) is 20.3 Å². The molecule has 0 aromatic carbocycles. The molecule has 0 aromatic rings. The van der Waals surface area contributed by atoms with Crippen LogP contribution in [0.1, 0.15) is 46.5 Å². The molecule has 2 rings (SSSR count). The second-order valence-electron chi connectivity index (χ2n) is 6.23. The maximum atomic E-state index is 11.8. The highest BCUT2D eigenvalue weighted by atomic mass is 16.5. The summed E-state index contributed by atoms with van der Waals surface area (Å²) in [5, 5.41) is 3.53. The molecule has 0 bridgehead atoms. The second kappa shape index (κ2) is 5.80. The van der Waals surface area contributed by atoms with Crippen LogP contribution in [0.25, 0.3) is 0 Å². The van der Waals surface area contributed by atoms with E-state index >= 15 is 0 Å². The van der Waals surface area contributed by atoms with E-state index in [1.165, 1.54) is 26.4 Å². The summed E-state index contributed by atoms with van der Waals surface area (Å²) in [5.74, 6) is 0.0973. The molecular formula is C15H27NO3. The maximum absolute atomic E-state index is 11.8. The minimum Gasteiger partial charge on any atom is -0.468 e. The van der Waals surface area contributed by atoms with Gasteiger partial charge in [-0.15, -0.1) is 0 Å². The maximum Gasteiger partial charge on any atom is 0.323 e. The lowest BCUT2D eigenvalue weighted by Gasteiger charge is -2.61. The monoisotopic (exact) mass is 269 g/mol. The van der Waals surface area contributed by atoms with Crippen LogP contribution in [-0.4, -0.2) is 37.9 Å². The standard InChI is InChI=1S/C15H27NO3/c1-5-19-12-9-11(15(12)7-6-8-15)16-13(10(2)3)14(17)18-4/h10-13,16H,5-9H2,1-4H3/t11?,12?,13-/m0/s1. The number of esters is 1. The molecule has 2 saturated carbocycles. The predicted molar refractivity (Wildman–Crippen MR) is 73.9 cm³/mol. The molecule has 4 nitrogen and oxygen atoms in total. The van der Waals surface area contributed by atoms with Gasteiger partial charge in [0.25, 0.3) is 0 Å². The van der Waals surface area contributed by atoms with Crippen molar-refractivity contribution in [1.29, 1.82) is 0 Å². The van der Waals surface area contributed by atoms with Crippen molar-refractivity contribution in [3.8, 4) is 0 Å². The number of hydrogen-bond donors (Lipinski definition) is 1. The van der Waals surface area contributed by atoms with Crippen LogP contribution < -0.4 is 5.32 Å². The van der Waals surface area contributed by atoms with Crippen molar-refractivity contribution in [2.24, 2.45) is 11.3 Å². The van der Waals surface area contributed by atoms with E-state index in [1.54, 1.807) is 0 Å². The highest BCUT2D eigenvalue weighted by molar-refractivity contribution is 5.76. The fourth-order valence-corrected chi connectivity index (χ4v) is 3.55. The third-order valence-corrected chi connectivity index (χ3v) is 4.94. The first-order chi connectivity index (χ1) is 9.05. The molecule has 3 atom stereocenters. The number of ether oxygens (including phenoxy) is 2. The van der Waals surface area contributed by atoms with E-state index in [0.717, 1.165) is 13.0 Å². The number of rotatable bonds is 6. The van der Waals surface area contributed by atoms with E-state index in [-0.39, 0.29) is 23.3 Å². The van der Waals surface area contributed by atoms with Crippen molar-refractivity contribution < 1.29 is 14.3 Å². The molecule has 0 saturated heterocycles. The summed E-state index contributed by atoms with van der Waals surface area (Å²) in [6.45, 7) is 6.95. The SMILES string of the molecule is CCOC1CC(N[C@H](C(=O)OC)C(C)C)C12CCC2. The number of hydrogen-bond acceptors (Lipinski definition) is 4. The Balaban J connectivity index is 1.97. The van der Waals surface area contributed by atoms with E-state index in [2.05, 4.69) is 26.1 Å². The summed E-state index contributed by atoms with van der Waals surface area (Å²) in [6, 6.07) is 0.208. The zero-order chi connectivity index (χ0) is 14.0. The van der Waals surface area contributed by atoms with E-state index in [1.807, 2.05) is 0 Å². The van der Waals surface area contributed by atoms with Gasteiger partial charge in [0.1, 0.15) is 6.04 Å². The smallest absolute Gasteiger partial charge is 0.323 e. The Morgan fingerprint density at radius 1 is 1.42 bits per heavy atom. The third kappa shape index (κ3) is 2.52. The Kier molecular flexibility index (Phi) is 4.51. The lowest BCUT2D eigenvalue weighted by atomic mass is 9.51. The predicted octanol–water partition coefficient (Wildman–Crippen LogP) is 2.12. The molecule has 2 fully saturated rings. The highest BCUT2D eigenvalue weighted by Gasteiger charge is 2.59. The van der Waals surface area contributed by atoms with E-state index in [9.17, 15) is 4.79 Å². The normalized spacial score (nSPS) is 29.7. The van der Waals surface area contributed by atoms with Crippen LogP contribution in [0.5, 0.6) is 0 Å². The first kappa shape index (κ1) is 14.8. The van der Waals surface area contributed by atoms with Crippen LogP contribution in [0.2, 0.25) is 0 Å². The van der Waals surface area contributed by atoms with Crippen LogP contribution in [-0.2, 0) is 14.3 Å². The number of nitrogens with one attached hydrogen (secondary N) is 1. The second-order valence-corrected chi connectivity index (χ2v) is 6.23. The third-order valence-electron chi connectivity index (χ3n) is 4.94. The molecule has 1 N–H and O–H groups in total. The Hall–Kier alpha value is -0.610. The summed E-state index contributed by atoms with van der Waals surface area (Å²) in [7, 11) is 1.46. The molecule has 19 heavy (non-hydrogen) atoms. The molecule has 2 aliphatic carbocycles. The molecule has 0 aromatic heterocycles. The quantitative estimate of drug-likeness (QED) is 0.750. The topological polar surface area (TPSA) is 47.6 Å². The summed E-state index contributed by atoms with van der Waals surface area (Å²) in [4.78, 5) is 11.8. The first-order valence-electron chi connectivity index (χ1n) is 7.50. The largest absolute Gasteiger partial charge is 0.468 e. The number of carbonyl (C=O) groups excluding carboxylic acids is 1. The van der Waals surface area contributed by atoms with Gasteiger partial charge in [-0.3, -0.25) is 4.79 Å². The minimum absolute atomic E-state index is 0.149. The summed E-state index contributed by atoms with van der Waals surface area (Å²) in [6.07, 6.45) is 5.14. The van der Waals surface area contributed by atoms with Gasteiger partial charge in [-0.25, -0.2) is 0 Å². The van der Waals surface area contributed by atoms with Gasteiger partial charge in [-0.2, -0.15) is 0 Å². The van der Waals surface area contributed by atoms with Gasteiger partial charge in [0.05, 0.1) is 13.2 Å². The zero-order valence-corrected chi connectivity index (χ0v) is 12.6. The number of carbonyl (C=O) groups is 1. The average Bonchev–Trinajstić information content (AvgIpc) is 2.29. The fourth-order valence-electron chi connectivity index (χ4n) is 3.55. The molecule has 110 valence electrons. The molecule has 4 heteroatoms. The Morgan fingerprint density at radius 3 is 2.53 bits per heavy atom. The molecule has 2 unspecified atom stereocenters. The summed E-state index contributed by atoms with van der Waals surface area (Å²) < 4.78 is 10.7. The highest BCUT2D eigenvalue weighted by Crippen LogP contribution is 2.57. The molecule has 2 aliphatic rings. The van der Waals surface area contributed by atoms with Crippen molar-refractivity contribution in [2.45, 2.75) is 64.6 Å². The fraction of sp³-hybridized carbons (Fsp3) is 0.933. The number of methoxy groups -OCH3 is 1. The average molecular weight is 269 g/mol. The Morgan fingerprint density at radius 2 is 2.11 bits per heavy atom. The van der Waals surface area contributed by atoms with Crippen molar-refractivity contribution in [3.63, 3.8) is 0 Å². The summed E-state index contributed by atoms with van der Waals surface area (Å²) >= 11 is 0.